The van der Waals surface area contributed by atoms with Crippen LogP contribution in [-0.4, -0.2) is 81.3 Å². The molecule has 44 heavy (non-hydrogen) atoms. The number of nitrogens with one attached hydrogen (secondary N) is 1. The normalized spacial score (nSPS) is 25.1. The van der Waals surface area contributed by atoms with E-state index in [2.05, 4.69) is 5.32 Å². The van der Waals surface area contributed by atoms with Crippen LogP contribution in [0.2, 0.25) is 0 Å². The number of carbonyl (C=O) groups is 1. The first kappa shape index (κ1) is 32.4. The van der Waals surface area contributed by atoms with Crippen LogP contribution in [-0.2, 0) is 34.9 Å². The van der Waals surface area contributed by atoms with Gasteiger partial charge in [0.2, 0.25) is 0 Å². The van der Waals surface area contributed by atoms with Crippen molar-refractivity contribution in [3.05, 3.63) is 59.4 Å². The molecule has 3 aliphatic rings. The summed E-state index contributed by atoms with van der Waals surface area (Å²) in [5.41, 5.74) is -10.8. The van der Waals surface area contributed by atoms with Gasteiger partial charge in [-0.15, -0.1) is 0 Å². The minimum absolute atomic E-state index is 0.176. The van der Waals surface area contributed by atoms with Crippen LogP contribution in [0.3, 0.4) is 0 Å². The number of hydrogen-bond acceptors (Lipinski definition) is 7. The molecule has 3 aliphatic heterocycles. The maximum atomic E-state index is 14.9. The Kier molecular flexibility index (Phi) is 7.37. The summed E-state index contributed by atoms with van der Waals surface area (Å²) >= 11 is 0. The number of carbonyl (C=O) groups excluding carboxylic acids is 1. The zero-order valence-electron chi connectivity index (χ0n) is 22.3. The Bertz CT molecular complexity index is 1680. The van der Waals surface area contributed by atoms with Gasteiger partial charge in [-0.3, -0.25) is 4.79 Å². The van der Waals surface area contributed by atoms with Crippen molar-refractivity contribution in [2.45, 2.75) is 58.6 Å². The van der Waals surface area contributed by atoms with Crippen LogP contribution in [0.25, 0.3) is 0 Å². The Morgan fingerprint density at radius 3 is 2.05 bits per heavy atom. The number of alkyl halides is 7. The molecule has 2 atom stereocenters. The van der Waals surface area contributed by atoms with Crippen molar-refractivity contribution in [3.8, 4) is 0 Å². The van der Waals surface area contributed by atoms with Crippen LogP contribution < -0.4 is 5.32 Å². The van der Waals surface area contributed by atoms with Crippen LogP contribution in [0.15, 0.2) is 47.4 Å². The average Bonchev–Trinajstić information content (AvgIpc) is 3.34. The van der Waals surface area contributed by atoms with Crippen molar-refractivity contribution in [3.63, 3.8) is 0 Å². The van der Waals surface area contributed by atoms with Crippen molar-refractivity contribution >= 4 is 31.3 Å². The van der Waals surface area contributed by atoms with Crippen molar-refractivity contribution < 1.29 is 61.9 Å². The van der Waals surface area contributed by atoms with Gasteiger partial charge in [0.1, 0.15) is 16.2 Å². The molecule has 2 aromatic rings. The van der Waals surface area contributed by atoms with Gasteiger partial charge >= 0.3 is 18.0 Å². The van der Waals surface area contributed by atoms with Crippen LogP contribution in [0.1, 0.15) is 30.4 Å². The molecule has 2 N–H and O–H groups in total. The van der Waals surface area contributed by atoms with Gasteiger partial charge in [0.25, 0.3) is 5.91 Å². The van der Waals surface area contributed by atoms with Crippen LogP contribution in [0.5, 0.6) is 0 Å². The number of anilines is 1. The highest BCUT2D eigenvalue weighted by atomic mass is 32.2. The van der Waals surface area contributed by atoms with Gasteiger partial charge in [0.15, 0.2) is 19.7 Å². The van der Waals surface area contributed by atoms with Crippen molar-refractivity contribution in [1.29, 1.82) is 0 Å². The maximum absolute atomic E-state index is 14.9. The third-order valence-electron chi connectivity index (χ3n) is 8.69. The fourth-order valence-electron chi connectivity index (χ4n) is 6.30. The van der Waals surface area contributed by atoms with Gasteiger partial charge < -0.3 is 15.3 Å². The molecule has 8 nitrogen and oxygen atoms in total. The van der Waals surface area contributed by atoms with Gasteiger partial charge in [0.05, 0.1) is 22.4 Å². The molecule has 0 bridgehead atoms. The van der Waals surface area contributed by atoms with Crippen LogP contribution in [0, 0.1) is 5.82 Å². The molecule has 0 saturated carbocycles. The average molecular weight is 677 g/mol. The number of amides is 1. The number of sulfone groups is 2. The van der Waals surface area contributed by atoms with E-state index in [1.54, 1.807) is 0 Å². The Morgan fingerprint density at radius 1 is 0.932 bits per heavy atom. The maximum Gasteiger partial charge on any atom is 0.435 e. The molecule has 242 valence electrons. The van der Waals surface area contributed by atoms with E-state index >= 15 is 0 Å². The largest absolute Gasteiger partial charge is 0.435 e. The van der Waals surface area contributed by atoms with Crippen molar-refractivity contribution in [1.82, 2.24) is 4.90 Å². The van der Waals surface area contributed by atoms with Crippen molar-refractivity contribution in [2.24, 2.45) is 0 Å². The molecule has 0 spiro atoms. The lowest BCUT2D eigenvalue weighted by atomic mass is 9.83. The summed E-state index contributed by atoms with van der Waals surface area (Å²) in [5, 5.41) is 13.6. The molecule has 1 amide bonds. The van der Waals surface area contributed by atoms with E-state index in [4.69, 9.17) is 0 Å². The first-order valence-corrected chi connectivity index (χ1v) is 16.4. The van der Waals surface area contributed by atoms with Gasteiger partial charge in [-0.25, -0.2) is 25.6 Å². The number of likely N-dealkylation sites (tertiary alicyclic amines) is 1. The molecule has 0 unspecified atom stereocenters. The van der Waals surface area contributed by atoms with E-state index in [-0.39, 0.29) is 24.2 Å². The Balaban J connectivity index is 1.67. The number of halogens is 8. The second-order valence-electron chi connectivity index (χ2n) is 11.1. The zero-order valence-corrected chi connectivity index (χ0v) is 24.0. The van der Waals surface area contributed by atoms with E-state index < -0.39 is 119 Å². The summed E-state index contributed by atoms with van der Waals surface area (Å²) in [6.45, 7) is -0.950. The molecule has 3 heterocycles. The van der Waals surface area contributed by atoms with Crippen LogP contribution >= 0.6 is 0 Å². The van der Waals surface area contributed by atoms with E-state index in [9.17, 15) is 61.9 Å². The smallest absolute Gasteiger partial charge is 0.383 e. The minimum Gasteiger partial charge on any atom is -0.383 e. The summed E-state index contributed by atoms with van der Waals surface area (Å²) in [5.74, 6) is -2.88. The highest BCUT2D eigenvalue weighted by Crippen LogP contribution is 2.57. The highest BCUT2D eigenvalue weighted by Gasteiger charge is 2.74. The first-order chi connectivity index (χ1) is 20.1. The van der Waals surface area contributed by atoms with E-state index in [1.165, 1.54) is 0 Å². The Hall–Kier alpha value is -2.99. The molecule has 0 radical (unpaired) electrons. The van der Waals surface area contributed by atoms with Crippen molar-refractivity contribution in [2.75, 3.05) is 29.9 Å². The molecule has 0 aliphatic carbocycles. The Morgan fingerprint density at radius 2 is 1.50 bits per heavy atom. The third-order valence-corrected chi connectivity index (χ3v) is 12.9. The predicted octanol–water partition coefficient (Wildman–Crippen LogP) is 3.75. The molecular weight excluding hydrogens is 652 g/mol. The number of hydrogen-bond donors (Lipinski definition) is 2. The molecule has 2 saturated heterocycles. The number of benzene rings is 2. The fraction of sp³-hybridized carbons (Fsp3) is 0.500. The topological polar surface area (TPSA) is 121 Å². The number of fused-ring (bicyclic) bond motifs is 3. The fourth-order valence-corrected chi connectivity index (χ4v) is 10.1. The van der Waals surface area contributed by atoms with E-state index in [0.29, 0.717) is 6.07 Å². The predicted molar refractivity (Wildman–Crippen MR) is 138 cm³/mol. The molecule has 2 aromatic carbocycles. The molecule has 2 fully saturated rings. The summed E-state index contributed by atoms with van der Waals surface area (Å²) in [6.07, 6.45) is -14.3. The number of nitrogens with zero attached hydrogens (tertiary/aromatic N) is 1. The van der Waals surface area contributed by atoms with E-state index in [1.807, 2.05) is 0 Å². The summed E-state index contributed by atoms with van der Waals surface area (Å²) < 4.78 is 160. The number of rotatable bonds is 4. The third kappa shape index (κ3) is 4.66. The second kappa shape index (κ2) is 10.0. The van der Waals surface area contributed by atoms with Crippen LogP contribution in [0.4, 0.5) is 40.8 Å². The zero-order chi connectivity index (χ0) is 32.7. The van der Waals surface area contributed by atoms with Gasteiger partial charge in [0, 0.05) is 24.3 Å². The highest BCUT2D eigenvalue weighted by molar-refractivity contribution is 7.92. The standard InChI is InChI=1S/C26H24F8N2O6S2/c27-16-2-4-17(5-3-16)44(41,42)23-7-10-36(21(37)22(38)8-11-43(39,40)12-9-22)20(23)14-35-19-13-15(1-6-18(19)23)24(28,25(29,30)31)26(32,33)34/h1-6,13,20,35,38H,7-12,14H2/t20-,23-/m1/s1. The molecule has 0 aromatic heterocycles. The first-order valence-electron chi connectivity index (χ1n) is 13.1. The minimum atomic E-state index is -6.44. The Labute approximate surface area is 245 Å². The lowest BCUT2D eigenvalue weighted by molar-refractivity contribution is -0.348. The van der Waals surface area contributed by atoms with E-state index in [0.717, 1.165) is 29.2 Å². The van der Waals surface area contributed by atoms with Gasteiger partial charge in [-0.2, -0.15) is 26.3 Å². The SMILES string of the molecule is O=C(N1CC[C@@]2(S(=O)(=O)c3ccc(F)cc3)c3ccc(C(F)(C(F)(F)F)C(F)(F)F)cc3NC[C@@H]12)C1(O)CCS(=O)(=O)CC1. The summed E-state index contributed by atoms with van der Waals surface area (Å²) in [4.78, 5) is 14.2. The lowest BCUT2D eigenvalue weighted by Gasteiger charge is -2.45. The summed E-state index contributed by atoms with van der Waals surface area (Å²) in [7, 11) is -8.29. The molecule has 18 heteroatoms. The second-order valence-corrected chi connectivity index (χ2v) is 15.6. The number of aliphatic hydroxyl groups is 1. The summed E-state index contributed by atoms with van der Waals surface area (Å²) in [6, 6.07) is 3.02. The molecular formula is C26H24F8N2O6S2. The van der Waals surface area contributed by atoms with Gasteiger partial charge in [-0.1, -0.05) is 12.1 Å². The van der Waals surface area contributed by atoms with Gasteiger partial charge in [-0.05, 0) is 55.2 Å². The monoisotopic (exact) mass is 676 g/mol. The molecule has 5 rings (SSSR count). The lowest BCUT2D eigenvalue weighted by Crippen LogP contribution is -2.60. The quantitative estimate of drug-likeness (QED) is 0.374.